The average Bonchev–Trinajstić information content (AvgIpc) is 1.64. The molecule has 0 saturated heterocycles. The van der Waals surface area contributed by atoms with E-state index in [1.807, 2.05) is 137 Å². The number of tetrazole rings is 2. The predicted octanol–water partition coefficient (Wildman–Crippen LogP) is 12.6. The lowest BCUT2D eigenvalue weighted by atomic mass is 9.93. The van der Waals surface area contributed by atoms with Gasteiger partial charge in [0, 0.05) is 49.9 Å². The summed E-state index contributed by atoms with van der Waals surface area (Å²) in [6.07, 6.45) is 3.11. The Bertz CT molecular complexity index is 4360. The van der Waals surface area contributed by atoms with Gasteiger partial charge in [-0.1, -0.05) is 177 Å². The van der Waals surface area contributed by atoms with Crippen molar-refractivity contribution in [2.24, 2.45) is 5.92 Å². The molecule has 0 aliphatic carbocycles. The number of hydrogen-bond donors (Lipinski definition) is 2. The molecular formula is C70H78Cl2N16O19. The van der Waals surface area contributed by atoms with E-state index >= 15 is 0 Å². The number of imidazole rings is 2. The molecule has 0 radical (unpaired) electrons. The van der Waals surface area contributed by atoms with E-state index in [0.717, 1.165) is 75.8 Å². The quantitative estimate of drug-likeness (QED) is 0.0118. The van der Waals surface area contributed by atoms with Gasteiger partial charge in [0.2, 0.25) is 11.6 Å². The molecular weight excluding hydrogens is 1440 g/mol. The molecule has 0 saturated carbocycles. The van der Waals surface area contributed by atoms with E-state index in [0.29, 0.717) is 67.8 Å². The van der Waals surface area contributed by atoms with Gasteiger partial charge in [0.15, 0.2) is 21.9 Å². The summed E-state index contributed by atoms with van der Waals surface area (Å²) in [5.74, 6) is 0.277. The number of carbonyl (C=O) groups is 4. The number of halogens is 2. The summed E-state index contributed by atoms with van der Waals surface area (Å²) in [6, 6.07) is 40.6. The number of rotatable bonds is 45. The van der Waals surface area contributed by atoms with Crippen LogP contribution >= 0.6 is 23.2 Å². The molecule has 5 aromatic carbocycles. The second-order valence-corrected chi connectivity index (χ2v) is 25.0. The normalized spacial score (nSPS) is 11.8. The minimum atomic E-state index is -1.16. The van der Waals surface area contributed by atoms with Crippen molar-refractivity contribution in [3.8, 4) is 45.0 Å². The molecule has 0 spiro atoms. The van der Waals surface area contributed by atoms with Gasteiger partial charge in [0.25, 0.3) is 20.3 Å². The summed E-state index contributed by atoms with van der Waals surface area (Å²) in [7, 11) is 0. The predicted molar refractivity (Wildman–Crippen MR) is 382 cm³/mol. The molecule has 4 heterocycles. The third kappa shape index (κ3) is 25.5. The average molecular weight is 1520 g/mol. The number of aromatic nitrogens is 12. The Morgan fingerprint density at radius 2 is 0.925 bits per heavy atom. The highest BCUT2D eigenvalue weighted by atomic mass is 35.5. The van der Waals surface area contributed by atoms with Crippen molar-refractivity contribution < 1.29 is 73.1 Å². The van der Waals surface area contributed by atoms with Gasteiger partial charge < -0.3 is 42.7 Å². The first kappa shape index (κ1) is 80.8. The minimum absolute atomic E-state index is 0.0434. The molecule has 0 fully saturated rings. The van der Waals surface area contributed by atoms with Crippen molar-refractivity contribution in [3.63, 3.8) is 0 Å². The SMILES string of the molecule is CCCCc1nc(Cl)c(C(=O)CC(Cc2ccccc2)C(=O)OCCCCC(CO[N+](=O)[O-])O[N+](=O)[O-])n1Cc1ccc(-c2ccccc2-c2nn[nH]n2)cc1.CCCCc1nc(Cl)c(C(=O)CCCOC(=O)OCCCCC(CO[N+](=O)[O-])O[N+](=O)[O-])n1Cc1ccc(-c2ccccc2-c2nn[nH]n2)cc1. The van der Waals surface area contributed by atoms with Crippen LogP contribution in [0.1, 0.15) is 147 Å². The topological polar surface area (TPSA) is 450 Å². The Morgan fingerprint density at radius 3 is 1.36 bits per heavy atom. The number of H-pyrrole nitrogens is 2. The smallest absolute Gasteiger partial charge is 0.465 e. The summed E-state index contributed by atoms with van der Waals surface area (Å²) >= 11 is 13.2. The van der Waals surface area contributed by atoms with E-state index in [4.69, 9.17) is 37.4 Å². The molecule has 37 heteroatoms. The van der Waals surface area contributed by atoms with Gasteiger partial charge in [0.05, 0.1) is 25.7 Å². The monoisotopic (exact) mass is 1520 g/mol. The highest BCUT2D eigenvalue weighted by Crippen LogP contribution is 2.33. The molecule has 0 bridgehead atoms. The van der Waals surface area contributed by atoms with E-state index in [1.165, 1.54) is 0 Å². The number of ether oxygens (including phenoxy) is 3. The van der Waals surface area contributed by atoms with Crippen LogP contribution in [0.4, 0.5) is 4.79 Å². The number of esters is 1. The zero-order chi connectivity index (χ0) is 76.5. The van der Waals surface area contributed by atoms with Gasteiger partial charge in [-0.2, -0.15) is 10.4 Å². The Kier molecular flexibility index (Phi) is 31.8. The van der Waals surface area contributed by atoms with Crippen molar-refractivity contribution in [3.05, 3.63) is 218 Å². The summed E-state index contributed by atoms with van der Waals surface area (Å²) in [6.45, 7) is 3.42. The Hall–Kier alpha value is -11.9. The van der Waals surface area contributed by atoms with Crippen molar-refractivity contribution in [1.29, 1.82) is 0 Å². The number of nitrogens with zero attached hydrogens (tertiary/aromatic N) is 14. The summed E-state index contributed by atoms with van der Waals surface area (Å²) in [4.78, 5) is 122. The molecule has 566 valence electrons. The number of ketones is 2. The fourth-order valence-electron chi connectivity index (χ4n) is 11.5. The van der Waals surface area contributed by atoms with Gasteiger partial charge in [-0.05, 0) is 114 Å². The zero-order valence-electron chi connectivity index (χ0n) is 58.4. The van der Waals surface area contributed by atoms with E-state index in [9.17, 15) is 59.6 Å². The third-order valence-electron chi connectivity index (χ3n) is 16.6. The molecule has 0 amide bonds. The Balaban J connectivity index is 0.000000271. The fraction of sp³-hybridized carbons (Fsp3) is 0.400. The standard InChI is InChI=1S/C38H41ClN8O9.C32H37ClN8O10/c1-2-3-16-34-40-36(39)35(45(34)24-27-17-19-28(20-18-27)31-14-7-8-15-32(31)37-41-43-44-42-37)33(48)23-29(22-26-11-5-4-6-12-26)38(49)54-21-10-9-13-30(56-47(52)53)25-55-46(50)51;1-2-3-13-28-34-30(33)29(27(42)12-8-19-49-32(43)48-18-7-6-9-24(51-41(46)47)21-50-40(44)45)39(28)20-22-14-16-23(17-15-22)25-10-4-5-11-26(25)31-35-37-38-36-31/h4-8,11-12,14-15,17-20,29-30H,2-3,9-10,13,16,21-25H2,1H3,(H,41,42,43,44);4-5,10-11,14-17,24H,2-3,6-9,12-13,18-21H2,1H3,(H,35,36,37,38). The number of unbranched alkanes of at least 4 members (excludes halogenated alkanes) is 4. The van der Waals surface area contributed by atoms with Crippen molar-refractivity contribution in [2.75, 3.05) is 33.0 Å². The molecule has 9 aromatic rings. The summed E-state index contributed by atoms with van der Waals surface area (Å²) in [5.41, 5.74) is 8.61. The maximum Gasteiger partial charge on any atom is 0.508 e. The van der Waals surface area contributed by atoms with Crippen LogP contribution in [0.5, 0.6) is 0 Å². The first-order valence-electron chi connectivity index (χ1n) is 34.4. The lowest BCUT2D eigenvalue weighted by Crippen LogP contribution is -2.26. The van der Waals surface area contributed by atoms with Crippen LogP contribution in [-0.2, 0) is 70.7 Å². The summed E-state index contributed by atoms with van der Waals surface area (Å²) in [5, 5.41) is 67.0. The number of hydrogen-bond acceptors (Lipinski definition) is 27. The second-order valence-electron chi connectivity index (χ2n) is 24.3. The van der Waals surface area contributed by atoms with Crippen LogP contribution in [0, 0.1) is 46.4 Å². The molecule has 3 unspecified atom stereocenters. The molecule has 9 rings (SSSR count). The number of Topliss-reactive ketones (excluding diaryl/α,β-unsaturated/α-hetero) is 2. The third-order valence-corrected chi connectivity index (χ3v) is 17.2. The number of benzene rings is 5. The molecule has 0 aliphatic rings. The Morgan fingerprint density at radius 1 is 0.495 bits per heavy atom. The number of aryl methyl sites for hydroxylation is 2. The van der Waals surface area contributed by atoms with Crippen LogP contribution in [0.15, 0.2) is 127 Å². The van der Waals surface area contributed by atoms with E-state index in [2.05, 4.69) is 84.4 Å². The molecule has 2 N–H and O–H groups in total. The molecule has 107 heavy (non-hydrogen) atoms. The van der Waals surface area contributed by atoms with Gasteiger partial charge in [-0.15, -0.1) is 60.9 Å². The van der Waals surface area contributed by atoms with E-state index < -0.39 is 63.8 Å². The number of aromatic amines is 2. The highest BCUT2D eigenvalue weighted by Gasteiger charge is 2.30. The molecule has 3 atom stereocenters. The lowest BCUT2D eigenvalue weighted by Gasteiger charge is -2.18. The molecule has 4 aromatic heterocycles. The van der Waals surface area contributed by atoms with Crippen LogP contribution in [0.2, 0.25) is 10.3 Å². The first-order valence-corrected chi connectivity index (χ1v) is 35.1. The van der Waals surface area contributed by atoms with Crippen molar-refractivity contribution >= 4 is 46.9 Å². The van der Waals surface area contributed by atoms with Crippen molar-refractivity contribution in [1.82, 2.24) is 60.4 Å². The van der Waals surface area contributed by atoms with Crippen LogP contribution in [-0.4, -0.2) is 150 Å². The zero-order valence-corrected chi connectivity index (χ0v) is 59.9. The molecule has 0 aliphatic heterocycles. The van der Waals surface area contributed by atoms with Gasteiger partial charge in [-0.3, -0.25) is 14.4 Å². The number of carbonyl (C=O) groups excluding carboxylic acids is 4. The van der Waals surface area contributed by atoms with E-state index in [1.54, 1.807) is 0 Å². The largest absolute Gasteiger partial charge is 0.508 e. The fourth-order valence-corrected chi connectivity index (χ4v) is 12.1. The second kappa shape index (κ2) is 42.2. The van der Waals surface area contributed by atoms with E-state index in [-0.39, 0.29) is 98.8 Å². The van der Waals surface area contributed by atoms with Gasteiger partial charge >= 0.3 is 12.1 Å². The van der Waals surface area contributed by atoms with Crippen LogP contribution in [0.3, 0.4) is 0 Å². The van der Waals surface area contributed by atoms with Crippen LogP contribution in [0.25, 0.3) is 45.0 Å². The maximum absolute atomic E-state index is 14.2. The Labute approximate surface area is 621 Å². The summed E-state index contributed by atoms with van der Waals surface area (Å²) < 4.78 is 19.4. The lowest BCUT2D eigenvalue weighted by molar-refractivity contribution is -0.790. The maximum atomic E-state index is 14.2. The molecule has 35 nitrogen and oxygen atoms in total. The van der Waals surface area contributed by atoms with Crippen molar-refractivity contribution in [2.45, 2.75) is 142 Å². The minimum Gasteiger partial charge on any atom is -0.465 e. The highest BCUT2D eigenvalue weighted by molar-refractivity contribution is 6.33. The first-order chi connectivity index (χ1) is 51.8. The van der Waals surface area contributed by atoms with Crippen LogP contribution < -0.4 is 0 Å². The van der Waals surface area contributed by atoms with Gasteiger partial charge in [0.1, 0.15) is 48.5 Å². The van der Waals surface area contributed by atoms with Gasteiger partial charge in [-0.25, -0.2) is 14.8 Å². The number of nitrogens with one attached hydrogen (secondary N) is 2.